The van der Waals surface area contributed by atoms with Gasteiger partial charge < -0.3 is 70.9 Å². The van der Waals surface area contributed by atoms with Crippen molar-refractivity contribution in [1.82, 2.24) is 0 Å². The summed E-state index contributed by atoms with van der Waals surface area (Å²) in [6, 6.07) is 0. The van der Waals surface area contributed by atoms with Crippen molar-refractivity contribution in [2.24, 2.45) is 0 Å². The molecule has 0 aromatic rings. The van der Waals surface area contributed by atoms with Crippen LogP contribution in [0.1, 0.15) is 0 Å². The first-order valence-corrected chi connectivity index (χ1v) is 6.91. The predicted octanol–water partition coefficient (Wildman–Crippen LogP) is -9.88. The van der Waals surface area contributed by atoms with Crippen LogP contribution in [0.15, 0.2) is 0 Å². The molecular formula is C12H23CaFO14. The fraction of sp³-hybridized carbons (Fsp3) is 0.833. The Morgan fingerprint density at radius 3 is 0.964 bits per heavy atom. The third-order valence-electron chi connectivity index (χ3n) is 2.99. The summed E-state index contributed by atoms with van der Waals surface area (Å²) in [5.74, 6) is -3.95. The SMILES string of the molecule is F.O=C([O-])C(O)C(O)C(O)C(O)CO.O=C([O-])C(O)C(O)C(O)C(O)CO.[Ca+2]. The summed E-state index contributed by atoms with van der Waals surface area (Å²) >= 11 is 0. The molecule has 0 fully saturated rings. The molecule has 0 aliphatic heterocycles. The van der Waals surface area contributed by atoms with E-state index in [9.17, 15) is 19.8 Å². The third kappa shape index (κ3) is 12.3. The zero-order chi connectivity index (χ0) is 21.2. The molecule has 0 saturated heterocycles. The first-order valence-electron chi connectivity index (χ1n) is 6.91. The molecule has 0 heterocycles. The van der Waals surface area contributed by atoms with Crippen LogP contribution in [0.25, 0.3) is 0 Å². The Morgan fingerprint density at radius 1 is 0.607 bits per heavy atom. The summed E-state index contributed by atoms with van der Waals surface area (Å²) in [5, 5.41) is 107. The van der Waals surface area contributed by atoms with Crippen molar-refractivity contribution in [2.45, 2.75) is 48.8 Å². The zero-order valence-electron chi connectivity index (χ0n) is 14.3. The topological polar surface area (TPSA) is 283 Å². The summed E-state index contributed by atoms with van der Waals surface area (Å²) in [6.45, 7) is -1.73. The molecule has 0 bridgehead atoms. The Bertz CT molecular complexity index is 391. The maximum Gasteiger partial charge on any atom is 2.00 e. The molecule has 8 unspecified atom stereocenters. The predicted molar refractivity (Wildman–Crippen MR) is 80.5 cm³/mol. The van der Waals surface area contributed by atoms with Gasteiger partial charge in [0.2, 0.25) is 0 Å². The van der Waals surface area contributed by atoms with Crippen molar-refractivity contribution >= 4 is 49.7 Å². The van der Waals surface area contributed by atoms with E-state index in [1.165, 1.54) is 0 Å². The fourth-order valence-electron chi connectivity index (χ4n) is 1.32. The molecule has 0 aliphatic carbocycles. The van der Waals surface area contributed by atoms with E-state index in [-0.39, 0.29) is 42.4 Å². The van der Waals surface area contributed by atoms with E-state index >= 15 is 0 Å². The van der Waals surface area contributed by atoms with Crippen LogP contribution in [-0.2, 0) is 9.59 Å². The van der Waals surface area contributed by atoms with Crippen LogP contribution in [0.5, 0.6) is 0 Å². The molecule has 0 saturated carbocycles. The van der Waals surface area contributed by atoms with E-state index in [0.29, 0.717) is 0 Å². The van der Waals surface area contributed by atoms with Gasteiger partial charge in [0.1, 0.15) is 48.8 Å². The van der Waals surface area contributed by atoms with Crippen LogP contribution in [-0.4, -0.2) is 163 Å². The standard InChI is InChI=1S/2C6H12O7.Ca.FH/c2*7-1-2(8)3(9)4(10)5(11)6(12)13;;/h2*2-5,7-11H,1H2,(H,12,13);;1H/q;;+2;/p-2. The second-order valence-corrected chi connectivity index (χ2v) is 4.99. The monoisotopic (exact) mass is 450 g/mol. The minimum atomic E-state index is -2.31. The molecule has 164 valence electrons. The van der Waals surface area contributed by atoms with Gasteiger partial charge in [-0.1, -0.05) is 0 Å². The molecule has 16 heteroatoms. The van der Waals surface area contributed by atoms with Gasteiger partial charge in [-0.2, -0.15) is 0 Å². The molecule has 0 spiro atoms. The van der Waals surface area contributed by atoms with Gasteiger partial charge in [0.15, 0.2) is 0 Å². The number of aliphatic carboxylic acids is 2. The summed E-state index contributed by atoms with van der Waals surface area (Å²) < 4.78 is 0. The second-order valence-electron chi connectivity index (χ2n) is 4.99. The van der Waals surface area contributed by atoms with Crippen molar-refractivity contribution in [3.05, 3.63) is 0 Å². The number of hydrogen-bond acceptors (Lipinski definition) is 14. The minimum absolute atomic E-state index is 0. The Morgan fingerprint density at radius 2 is 0.821 bits per heavy atom. The normalized spacial score (nSPS) is 18.9. The number of halogens is 1. The zero-order valence-corrected chi connectivity index (χ0v) is 16.5. The van der Waals surface area contributed by atoms with E-state index < -0.39 is 74.0 Å². The first-order chi connectivity index (χ1) is 11.8. The summed E-state index contributed by atoms with van der Waals surface area (Å²) in [7, 11) is 0. The minimum Gasteiger partial charge on any atom is -0.547 e. The Balaban J connectivity index is -0.000000192. The average Bonchev–Trinajstić information content (AvgIpc) is 2.62. The number of carboxylic acid groups (broad SMARTS) is 2. The largest absolute Gasteiger partial charge is 2.00 e. The van der Waals surface area contributed by atoms with E-state index in [1.807, 2.05) is 0 Å². The smallest absolute Gasteiger partial charge is 0.547 e. The van der Waals surface area contributed by atoms with Crippen LogP contribution >= 0.6 is 0 Å². The molecule has 8 atom stereocenters. The van der Waals surface area contributed by atoms with Gasteiger partial charge in [-0.15, -0.1) is 0 Å². The van der Waals surface area contributed by atoms with E-state index in [0.717, 1.165) is 0 Å². The average molecular weight is 450 g/mol. The van der Waals surface area contributed by atoms with Gasteiger partial charge in [-0.05, 0) is 0 Å². The van der Waals surface area contributed by atoms with Gasteiger partial charge >= 0.3 is 37.7 Å². The molecule has 0 radical (unpaired) electrons. The number of carbonyl (C=O) groups is 2. The van der Waals surface area contributed by atoms with E-state index in [2.05, 4.69) is 0 Å². The Kier molecular flexibility index (Phi) is 22.1. The molecular weight excluding hydrogens is 427 g/mol. The third-order valence-corrected chi connectivity index (χ3v) is 2.99. The number of carboxylic acids is 2. The number of hydrogen-bond donors (Lipinski definition) is 10. The van der Waals surface area contributed by atoms with Crippen molar-refractivity contribution in [2.75, 3.05) is 13.2 Å². The molecule has 14 nitrogen and oxygen atoms in total. The van der Waals surface area contributed by atoms with Crippen LogP contribution in [0.3, 0.4) is 0 Å². The number of aliphatic hydroxyl groups is 10. The summed E-state index contributed by atoms with van der Waals surface area (Å²) in [5.41, 5.74) is 0. The number of aliphatic hydroxyl groups excluding tert-OH is 10. The van der Waals surface area contributed by atoms with Gasteiger partial charge in [-0.3, -0.25) is 4.70 Å². The quantitative estimate of drug-likeness (QED) is 0.138. The first kappa shape index (κ1) is 35.2. The van der Waals surface area contributed by atoms with Crippen molar-refractivity contribution < 1.29 is 75.6 Å². The molecule has 0 amide bonds. The maximum atomic E-state index is 9.98. The molecule has 0 aromatic heterocycles. The molecule has 0 aliphatic rings. The van der Waals surface area contributed by atoms with Crippen LogP contribution in [0, 0.1) is 0 Å². The summed E-state index contributed by atoms with van der Waals surface area (Å²) in [4.78, 5) is 20.0. The van der Waals surface area contributed by atoms with Crippen LogP contribution < -0.4 is 10.2 Å². The van der Waals surface area contributed by atoms with Crippen molar-refractivity contribution in [3.8, 4) is 0 Å². The fourth-order valence-corrected chi connectivity index (χ4v) is 1.32. The Labute approximate surface area is 186 Å². The van der Waals surface area contributed by atoms with Gasteiger partial charge in [0.05, 0.1) is 25.2 Å². The summed E-state index contributed by atoms with van der Waals surface area (Å²) in [6.07, 6.45) is -16.2. The Hall–Kier alpha value is -0.270. The van der Waals surface area contributed by atoms with Gasteiger partial charge in [-0.25, -0.2) is 0 Å². The number of rotatable bonds is 10. The van der Waals surface area contributed by atoms with Crippen molar-refractivity contribution in [3.63, 3.8) is 0 Å². The van der Waals surface area contributed by atoms with Crippen LogP contribution in [0.2, 0.25) is 0 Å². The van der Waals surface area contributed by atoms with Crippen molar-refractivity contribution in [1.29, 1.82) is 0 Å². The van der Waals surface area contributed by atoms with Gasteiger partial charge in [0, 0.05) is 0 Å². The number of carbonyl (C=O) groups excluding carboxylic acids is 2. The van der Waals surface area contributed by atoms with E-state index in [1.54, 1.807) is 0 Å². The maximum absolute atomic E-state index is 9.98. The molecule has 28 heavy (non-hydrogen) atoms. The molecule has 10 N–H and O–H groups in total. The second kappa shape index (κ2) is 17.6. The van der Waals surface area contributed by atoms with E-state index in [4.69, 9.17) is 51.1 Å². The molecule has 0 rings (SSSR count). The molecule has 0 aromatic carbocycles. The van der Waals surface area contributed by atoms with Crippen LogP contribution in [0.4, 0.5) is 4.70 Å². The van der Waals surface area contributed by atoms with Gasteiger partial charge in [0.25, 0.3) is 0 Å².